The zero-order valence-electron chi connectivity index (χ0n) is 12.2. The number of isocyanates is 1. The quantitative estimate of drug-likeness (QED) is 0.441. The Bertz CT molecular complexity index is 609. The van der Waals surface area contributed by atoms with Crippen LogP contribution in [0.1, 0.15) is 24.1 Å². The summed E-state index contributed by atoms with van der Waals surface area (Å²) in [4.78, 5) is 13.8. The normalized spacial score (nSPS) is 10.3. The second-order valence-electron chi connectivity index (χ2n) is 4.49. The molecule has 2 rings (SSSR count). The molecule has 0 saturated heterocycles. The molecular weight excluding hydrogens is 258 g/mol. The highest BCUT2D eigenvalue weighted by molar-refractivity contribution is 5.45. The second-order valence-corrected chi connectivity index (χ2v) is 4.49. The Balaban J connectivity index is 0.000000235. The summed E-state index contributed by atoms with van der Waals surface area (Å²) in [5.74, 6) is 0. The van der Waals surface area contributed by atoms with E-state index in [2.05, 4.69) is 18.2 Å². The minimum Gasteiger partial charge on any atom is -0.211 e. The number of benzene rings is 2. The highest BCUT2D eigenvalue weighted by Crippen LogP contribution is 2.23. The number of nitrogens with zero attached hydrogens (tertiary/aromatic N) is 1. The Kier molecular flexibility index (Phi) is 7.20. The van der Waals surface area contributed by atoms with Gasteiger partial charge in [0, 0.05) is 0 Å². The van der Waals surface area contributed by atoms with Crippen molar-refractivity contribution < 1.29 is 4.79 Å². The van der Waals surface area contributed by atoms with Crippen LogP contribution in [0.2, 0.25) is 0 Å². The minimum atomic E-state index is -0.251. The molecule has 0 bridgehead atoms. The van der Waals surface area contributed by atoms with E-state index in [4.69, 9.17) is 0 Å². The van der Waals surface area contributed by atoms with Gasteiger partial charge in [0.15, 0.2) is 0 Å². The summed E-state index contributed by atoms with van der Waals surface area (Å²) in [7, 11) is 0. The van der Waals surface area contributed by atoms with Crippen LogP contribution in [0.3, 0.4) is 0 Å². The van der Waals surface area contributed by atoms with Gasteiger partial charge in [0.25, 0.3) is 0 Å². The van der Waals surface area contributed by atoms with Crippen molar-refractivity contribution in [2.45, 2.75) is 13.0 Å². The van der Waals surface area contributed by atoms with Crippen LogP contribution in [0.15, 0.2) is 84.4 Å². The molecule has 0 heterocycles. The molecule has 2 aromatic carbocycles. The van der Waals surface area contributed by atoms with Crippen LogP contribution in [0.4, 0.5) is 0 Å². The van der Waals surface area contributed by atoms with E-state index in [-0.39, 0.29) is 6.04 Å². The lowest BCUT2D eigenvalue weighted by atomic mass is 10.0. The van der Waals surface area contributed by atoms with Crippen molar-refractivity contribution in [3.05, 3.63) is 90.5 Å². The van der Waals surface area contributed by atoms with Gasteiger partial charge in [0.1, 0.15) is 6.04 Å². The Morgan fingerprint density at radius 1 is 1.10 bits per heavy atom. The van der Waals surface area contributed by atoms with E-state index in [0.717, 1.165) is 11.1 Å². The molecule has 0 N–H and O–H groups in total. The maximum atomic E-state index is 10.2. The van der Waals surface area contributed by atoms with Crippen molar-refractivity contribution in [2.24, 2.45) is 4.99 Å². The van der Waals surface area contributed by atoms with Crippen molar-refractivity contribution in [3.63, 3.8) is 0 Å². The van der Waals surface area contributed by atoms with Gasteiger partial charge in [-0.05, 0) is 18.1 Å². The topological polar surface area (TPSA) is 29.4 Å². The minimum absolute atomic E-state index is 0.251. The molecule has 2 nitrogen and oxygen atoms in total. The molecule has 0 saturated carbocycles. The van der Waals surface area contributed by atoms with Gasteiger partial charge in [0.05, 0.1) is 0 Å². The van der Waals surface area contributed by atoms with Crippen LogP contribution >= 0.6 is 0 Å². The third kappa shape index (κ3) is 5.85. The van der Waals surface area contributed by atoms with E-state index >= 15 is 0 Å². The van der Waals surface area contributed by atoms with Crippen molar-refractivity contribution in [2.75, 3.05) is 0 Å². The van der Waals surface area contributed by atoms with E-state index in [1.807, 2.05) is 73.7 Å². The lowest BCUT2D eigenvalue weighted by Gasteiger charge is -2.09. The average Bonchev–Trinajstić information content (AvgIpc) is 2.54. The monoisotopic (exact) mass is 277 g/mol. The van der Waals surface area contributed by atoms with Gasteiger partial charge >= 0.3 is 0 Å². The van der Waals surface area contributed by atoms with Crippen LogP contribution in [-0.4, -0.2) is 6.08 Å². The fraction of sp³-hybridized carbons (Fsp3) is 0.105. The van der Waals surface area contributed by atoms with Crippen molar-refractivity contribution in [1.29, 1.82) is 0 Å². The molecule has 0 aliphatic rings. The van der Waals surface area contributed by atoms with Gasteiger partial charge in [-0.3, -0.25) is 0 Å². The van der Waals surface area contributed by atoms with E-state index in [1.54, 1.807) is 6.08 Å². The molecule has 0 fully saturated rings. The number of carbonyl (C=O) groups excluding carboxylic acids is 1. The number of rotatable bonds is 4. The van der Waals surface area contributed by atoms with Crippen molar-refractivity contribution in [3.8, 4) is 0 Å². The first-order valence-corrected chi connectivity index (χ1v) is 6.64. The Morgan fingerprint density at radius 3 is 2.00 bits per heavy atom. The third-order valence-corrected chi connectivity index (χ3v) is 2.80. The maximum Gasteiger partial charge on any atom is 0.235 e. The predicted octanol–water partition coefficient (Wildman–Crippen LogP) is 4.97. The van der Waals surface area contributed by atoms with Gasteiger partial charge in [-0.25, -0.2) is 4.79 Å². The molecule has 0 radical (unpaired) electrons. The van der Waals surface area contributed by atoms with E-state index in [0.29, 0.717) is 0 Å². The fourth-order valence-electron chi connectivity index (χ4n) is 1.75. The van der Waals surface area contributed by atoms with Crippen LogP contribution in [-0.2, 0) is 4.79 Å². The number of hydrogen-bond donors (Lipinski definition) is 0. The third-order valence-electron chi connectivity index (χ3n) is 2.80. The summed E-state index contributed by atoms with van der Waals surface area (Å²) in [6, 6.07) is 19.3. The summed E-state index contributed by atoms with van der Waals surface area (Å²) >= 11 is 0. The smallest absolute Gasteiger partial charge is 0.211 e. The lowest BCUT2D eigenvalue weighted by molar-refractivity contribution is 0.560. The molecule has 0 spiro atoms. The number of aliphatic imine (C=N–C) groups is 1. The van der Waals surface area contributed by atoms with E-state index < -0.39 is 0 Å². The van der Waals surface area contributed by atoms with Crippen molar-refractivity contribution in [1.82, 2.24) is 0 Å². The molecular formula is C19H19NO. The average molecular weight is 277 g/mol. The molecule has 1 atom stereocenters. The van der Waals surface area contributed by atoms with Gasteiger partial charge in [-0.15, -0.1) is 0 Å². The maximum absolute atomic E-state index is 10.2. The highest BCUT2D eigenvalue weighted by atomic mass is 16.1. The van der Waals surface area contributed by atoms with Crippen LogP contribution < -0.4 is 0 Å². The Morgan fingerprint density at radius 2 is 1.62 bits per heavy atom. The molecule has 21 heavy (non-hydrogen) atoms. The lowest BCUT2D eigenvalue weighted by Crippen LogP contribution is -1.95. The molecule has 2 heteroatoms. The molecule has 0 amide bonds. The van der Waals surface area contributed by atoms with Gasteiger partial charge in [-0.1, -0.05) is 85.5 Å². The summed E-state index contributed by atoms with van der Waals surface area (Å²) in [6.45, 7) is 9.25. The van der Waals surface area contributed by atoms with Gasteiger partial charge < -0.3 is 0 Å². The zero-order valence-corrected chi connectivity index (χ0v) is 12.2. The van der Waals surface area contributed by atoms with Crippen LogP contribution in [0.5, 0.6) is 0 Å². The fourth-order valence-corrected chi connectivity index (χ4v) is 1.75. The Hall–Kier alpha value is -2.70. The number of hydrogen-bond acceptors (Lipinski definition) is 2. The molecule has 0 aliphatic heterocycles. The van der Waals surface area contributed by atoms with Gasteiger partial charge in [-0.2, -0.15) is 4.99 Å². The standard InChI is InChI=1S/C11H11NO.C8H8/c1-9(2)11(12-8-13)10-6-4-3-5-7-10;1-2-8-6-4-3-5-7-8/h3-7,11H,1H2,2H3;2-7H,1H2. The van der Waals surface area contributed by atoms with Crippen LogP contribution in [0.25, 0.3) is 6.08 Å². The first kappa shape index (κ1) is 16.4. The van der Waals surface area contributed by atoms with E-state index in [1.165, 1.54) is 5.56 Å². The zero-order chi connectivity index (χ0) is 15.5. The molecule has 1 unspecified atom stereocenters. The summed E-state index contributed by atoms with van der Waals surface area (Å²) in [5, 5.41) is 0. The molecule has 2 aromatic rings. The first-order chi connectivity index (χ1) is 10.2. The SMILES string of the molecule is C=C(C)C(N=C=O)c1ccccc1.C=Cc1ccccc1. The van der Waals surface area contributed by atoms with Crippen LogP contribution in [0, 0.1) is 0 Å². The molecule has 0 aliphatic carbocycles. The van der Waals surface area contributed by atoms with Crippen molar-refractivity contribution >= 4 is 12.2 Å². The second kappa shape index (κ2) is 9.24. The largest absolute Gasteiger partial charge is 0.235 e. The van der Waals surface area contributed by atoms with Gasteiger partial charge in [0.2, 0.25) is 6.08 Å². The first-order valence-electron chi connectivity index (χ1n) is 6.64. The predicted molar refractivity (Wildman–Crippen MR) is 88.7 cm³/mol. The summed E-state index contributed by atoms with van der Waals surface area (Å²) in [6.07, 6.45) is 3.40. The summed E-state index contributed by atoms with van der Waals surface area (Å²) < 4.78 is 0. The van der Waals surface area contributed by atoms with E-state index in [9.17, 15) is 4.79 Å². The summed E-state index contributed by atoms with van der Waals surface area (Å²) in [5.41, 5.74) is 2.99. The highest BCUT2D eigenvalue weighted by Gasteiger charge is 2.09. The Labute approximate surface area is 126 Å². The molecule has 0 aromatic heterocycles. The molecule has 106 valence electrons.